The molecule has 0 aliphatic carbocycles. The van der Waals surface area contributed by atoms with Crippen molar-refractivity contribution < 1.29 is 0 Å². The van der Waals surface area contributed by atoms with E-state index in [1.54, 1.807) is 11.3 Å². The van der Waals surface area contributed by atoms with Gasteiger partial charge >= 0.3 is 0 Å². The fourth-order valence-corrected chi connectivity index (χ4v) is 10.4. The highest BCUT2D eigenvalue weighted by atomic mass is 32.1. The molecule has 63 heavy (non-hydrogen) atoms. The third-order valence-corrected chi connectivity index (χ3v) is 13.3. The van der Waals surface area contributed by atoms with E-state index in [0.717, 1.165) is 87.5 Å². The number of nitrogens with zero attached hydrogens (tertiary/aromatic N) is 6. The number of aromatic nitrogens is 6. The van der Waals surface area contributed by atoms with Crippen LogP contribution in [-0.4, -0.2) is 29.1 Å². The van der Waals surface area contributed by atoms with Gasteiger partial charge in [-0.15, -0.1) is 11.3 Å². The van der Waals surface area contributed by atoms with Crippen molar-refractivity contribution in [3.05, 3.63) is 206 Å². The monoisotopic (exact) mass is 822 g/mol. The van der Waals surface area contributed by atoms with Crippen molar-refractivity contribution in [1.29, 1.82) is 0 Å². The van der Waals surface area contributed by atoms with Gasteiger partial charge in [0.25, 0.3) is 0 Å². The zero-order chi connectivity index (χ0) is 41.4. The maximum Gasteiger partial charge on any atom is 0.238 e. The van der Waals surface area contributed by atoms with E-state index in [1.807, 2.05) is 24.3 Å². The number of hydrogen-bond acceptors (Lipinski definition) is 5. The molecule has 0 atom stereocenters. The van der Waals surface area contributed by atoms with E-state index in [2.05, 4.69) is 191 Å². The quantitative estimate of drug-likeness (QED) is 0.168. The van der Waals surface area contributed by atoms with Gasteiger partial charge in [-0.25, -0.2) is 9.97 Å². The fraction of sp³-hybridized carbons (Fsp3) is 0. The molecular weight excluding hydrogens is 789 g/mol. The van der Waals surface area contributed by atoms with Crippen LogP contribution in [0.5, 0.6) is 0 Å². The molecule has 0 fully saturated rings. The number of hydrogen-bond donors (Lipinski definition) is 0. The molecular formula is C56H34N6S. The predicted octanol–water partition coefficient (Wildman–Crippen LogP) is 14.5. The molecule has 6 nitrogen and oxygen atoms in total. The first kappa shape index (κ1) is 35.5. The van der Waals surface area contributed by atoms with Crippen molar-refractivity contribution in [2.45, 2.75) is 0 Å². The van der Waals surface area contributed by atoms with Crippen molar-refractivity contribution >= 4 is 75.9 Å². The molecule has 4 aromatic heterocycles. The molecule has 4 heterocycles. The highest BCUT2D eigenvalue weighted by Gasteiger charge is 2.24. The Labute approximate surface area is 365 Å². The molecule has 0 N–H and O–H groups in total. The van der Waals surface area contributed by atoms with Gasteiger partial charge in [-0.3, -0.25) is 4.57 Å². The molecule has 0 aliphatic rings. The summed E-state index contributed by atoms with van der Waals surface area (Å²) in [5.74, 6) is 1.77. The first-order valence-corrected chi connectivity index (χ1v) is 21.9. The Hall–Kier alpha value is -8.26. The van der Waals surface area contributed by atoms with Crippen LogP contribution in [-0.2, 0) is 0 Å². The van der Waals surface area contributed by atoms with Gasteiger partial charge in [-0.1, -0.05) is 152 Å². The summed E-state index contributed by atoms with van der Waals surface area (Å²) in [5.41, 5.74) is 11.6. The van der Waals surface area contributed by atoms with Crippen LogP contribution in [0.2, 0.25) is 0 Å². The molecule has 294 valence electrons. The summed E-state index contributed by atoms with van der Waals surface area (Å²) >= 11 is 1.72. The molecule has 0 spiro atoms. The maximum atomic E-state index is 5.48. The van der Waals surface area contributed by atoms with Crippen molar-refractivity contribution in [2.75, 3.05) is 0 Å². The summed E-state index contributed by atoms with van der Waals surface area (Å²) in [6, 6.07) is 72.7. The second-order valence-electron chi connectivity index (χ2n) is 15.8. The fourth-order valence-electron chi connectivity index (χ4n) is 9.39. The van der Waals surface area contributed by atoms with Gasteiger partial charge in [0.1, 0.15) is 5.01 Å². The summed E-state index contributed by atoms with van der Waals surface area (Å²) in [5, 5.41) is 7.79. The zero-order valence-electron chi connectivity index (χ0n) is 33.7. The van der Waals surface area contributed by atoms with Crippen LogP contribution in [0.15, 0.2) is 206 Å². The first-order valence-electron chi connectivity index (χ1n) is 21.1. The average Bonchev–Trinajstić information content (AvgIpc) is 4.05. The molecule has 0 radical (unpaired) electrons. The third kappa shape index (κ3) is 5.64. The maximum absolute atomic E-state index is 5.48. The summed E-state index contributed by atoms with van der Waals surface area (Å²) in [6.07, 6.45) is 0. The summed E-state index contributed by atoms with van der Waals surface area (Å²) in [6.45, 7) is 0. The van der Waals surface area contributed by atoms with E-state index < -0.39 is 0 Å². The average molecular weight is 823 g/mol. The summed E-state index contributed by atoms with van der Waals surface area (Å²) < 4.78 is 5.85. The van der Waals surface area contributed by atoms with Gasteiger partial charge in [0, 0.05) is 43.9 Å². The summed E-state index contributed by atoms with van der Waals surface area (Å²) in [4.78, 5) is 21.1. The van der Waals surface area contributed by atoms with Crippen molar-refractivity contribution in [3.8, 4) is 56.1 Å². The lowest BCUT2D eigenvalue weighted by Crippen LogP contribution is -2.07. The lowest BCUT2D eigenvalue weighted by Gasteiger charge is -2.15. The topological polar surface area (TPSA) is 61.4 Å². The second kappa shape index (κ2) is 14.2. The van der Waals surface area contributed by atoms with Crippen LogP contribution in [0.25, 0.3) is 121 Å². The van der Waals surface area contributed by atoms with E-state index in [1.165, 1.54) is 15.6 Å². The molecule has 0 aliphatic heterocycles. The molecule has 9 aromatic carbocycles. The standard InChI is InChI=1S/C56H34N6S/c1-3-15-35(16-4-1)39-31-34-46(41-20-8-7-19-40(39)41)54-58-53(36-17-5-2-6-18-36)59-56(60-54)62-49-25-13-10-22-43(49)45-33-32-44-42-21-9-12-24-48(42)61(51(44)52(45)62)38-29-27-37(28-30-38)55-57-47-23-11-14-26-50(47)63-55/h1-34H. The number of para-hydroxylation sites is 3. The lowest BCUT2D eigenvalue weighted by atomic mass is 9.95. The number of thiazole rings is 1. The van der Waals surface area contributed by atoms with Gasteiger partial charge in [-0.2, -0.15) is 9.97 Å². The first-order chi connectivity index (χ1) is 31.2. The molecule has 0 saturated carbocycles. The van der Waals surface area contributed by atoms with Crippen molar-refractivity contribution in [1.82, 2.24) is 29.1 Å². The molecule has 13 rings (SSSR count). The smallest absolute Gasteiger partial charge is 0.238 e. The van der Waals surface area contributed by atoms with Crippen LogP contribution in [0.3, 0.4) is 0 Å². The Morgan fingerprint density at radius 2 is 0.873 bits per heavy atom. The largest absolute Gasteiger partial charge is 0.307 e. The van der Waals surface area contributed by atoms with E-state index in [0.29, 0.717) is 17.6 Å². The number of benzene rings is 9. The molecule has 0 unspecified atom stereocenters. The van der Waals surface area contributed by atoms with Crippen molar-refractivity contribution in [3.63, 3.8) is 0 Å². The zero-order valence-corrected chi connectivity index (χ0v) is 34.5. The molecule has 13 aromatic rings. The molecule has 0 amide bonds. The SMILES string of the molecule is c1ccc(-c2nc(-c3ccc(-c4ccccc4)c4ccccc34)nc(-n3c4ccccc4c4ccc5c6ccccc6n(-c6ccc(-c7nc8ccccc8s7)cc6)c5c43)n2)cc1. The third-order valence-electron chi connectivity index (χ3n) is 12.2. The highest BCUT2D eigenvalue weighted by molar-refractivity contribution is 7.21. The Morgan fingerprint density at radius 3 is 1.57 bits per heavy atom. The van der Waals surface area contributed by atoms with Crippen LogP contribution in [0.1, 0.15) is 0 Å². The van der Waals surface area contributed by atoms with Crippen LogP contribution >= 0.6 is 11.3 Å². The number of fused-ring (bicyclic) bond motifs is 9. The minimum absolute atomic E-state index is 0.553. The van der Waals surface area contributed by atoms with Gasteiger partial charge in [-0.05, 0) is 76.5 Å². The van der Waals surface area contributed by atoms with E-state index in [4.69, 9.17) is 19.9 Å². The minimum Gasteiger partial charge on any atom is -0.307 e. The second-order valence-corrected chi connectivity index (χ2v) is 16.8. The van der Waals surface area contributed by atoms with Crippen molar-refractivity contribution in [2.24, 2.45) is 0 Å². The Morgan fingerprint density at radius 1 is 0.333 bits per heavy atom. The Bertz CT molecular complexity index is 3870. The molecule has 7 heteroatoms. The Kier molecular flexibility index (Phi) is 7.98. The highest BCUT2D eigenvalue weighted by Crippen LogP contribution is 2.43. The van der Waals surface area contributed by atoms with Crippen LogP contribution < -0.4 is 0 Å². The number of rotatable bonds is 6. The van der Waals surface area contributed by atoms with Gasteiger partial charge in [0.2, 0.25) is 5.95 Å². The van der Waals surface area contributed by atoms with Gasteiger partial charge in [0.15, 0.2) is 11.6 Å². The van der Waals surface area contributed by atoms with E-state index >= 15 is 0 Å². The van der Waals surface area contributed by atoms with E-state index in [9.17, 15) is 0 Å². The predicted molar refractivity (Wildman–Crippen MR) is 261 cm³/mol. The molecule has 0 saturated heterocycles. The summed E-state index contributed by atoms with van der Waals surface area (Å²) in [7, 11) is 0. The normalized spacial score (nSPS) is 11.8. The minimum atomic E-state index is 0.553. The Balaban J connectivity index is 1.09. The lowest BCUT2D eigenvalue weighted by molar-refractivity contribution is 0.954. The van der Waals surface area contributed by atoms with Gasteiger partial charge in [0.05, 0.1) is 32.3 Å². The van der Waals surface area contributed by atoms with Crippen LogP contribution in [0.4, 0.5) is 0 Å². The van der Waals surface area contributed by atoms with Gasteiger partial charge < -0.3 is 4.57 Å². The van der Waals surface area contributed by atoms with E-state index in [-0.39, 0.29) is 0 Å². The van der Waals surface area contributed by atoms with Crippen LogP contribution in [0, 0.1) is 0 Å². The molecule has 0 bridgehead atoms.